The zero-order valence-electron chi connectivity index (χ0n) is 13.9. The first-order chi connectivity index (χ1) is 12.5. The number of furan rings is 1. The molecular weight excluding hydrogens is 374 g/mol. The third kappa shape index (κ3) is 4.04. The number of nitrogens with one attached hydrogen (secondary N) is 1. The molecule has 3 rings (SSSR count). The average Bonchev–Trinajstić information content (AvgIpc) is 3.36. The predicted molar refractivity (Wildman–Crippen MR) is 97.8 cm³/mol. The highest BCUT2D eigenvalue weighted by atomic mass is 32.2. The van der Waals surface area contributed by atoms with Crippen LogP contribution < -0.4 is 4.72 Å². The third-order valence-corrected chi connectivity index (χ3v) is 6.26. The highest BCUT2D eigenvalue weighted by Gasteiger charge is 2.22. The van der Waals surface area contributed by atoms with Gasteiger partial charge in [0.1, 0.15) is 5.76 Å². The van der Waals surface area contributed by atoms with E-state index in [1.54, 1.807) is 12.3 Å². The summed E-state index contributed by atoms with van der Waals surface area (Å²) in [4.78, 5) is 12.5. The van der Waals surface area contributed by atoms with Crippen LogP contribution in [0.25, 0.3) is 0 Å². The number of ether oxygens (including phenoxy) is 1. The molecule has 136 valence electrons. The molecule has 0 saturated carbocycles. The summed E-state index contributed by atoms with van der Waals surface area (Å²) in [6.07, 6.45) is 1.57. The molecule has 1 aromatic carbocycles. The lowest BCUT2D eigenvalue weighted by Gasteiger charge is -2.14. The second-order valence-electron chi connectivity index (χ2n) is 5.45. The first-order valence-electron chi connectivity index (χ1n) is 7.76. The molecule has 0 aliphatic carbocycles. The number of benzene rings is 1. The predicted octanol–water partition coefficient (Wildman–Crippen LogP) is 3.24. The van der Waals surface area contributed by atoms with E-state index in [0.717, 1.165) is 4.88 Å². The van der Waals surface area contributed by atoms with Crippen molar-refractivity contribution in [3.05, 3.63) is 76.4 Å². The number of methoxy groups -OCH3 is 1. The molecule has 3 aromatic rings. The second-order valence-corrected chi connectivity index (χ2v) is 8.20. The van der Waals surface area contributed by atoms with Crippen molar-refractivity contribution < 1.29 is 22.4 Å². The lowest BCUT2D eigenvalue weighted by Crippen LogP contribution is -2.28. The van der Waals surface area contributed by atoms with Gasteiger partial charge in [0.25, 0.3) is 0 Å². The third-order valence-electron chi connectivity index (χ3n) is 3.84. The lowest BCUT2D eigenvalue weighted by molar-refractivity contribution is 0.0600. The molecular formula is C18H17NO5S2. The van der Waals surface area contributed by atoms with Crippen LogP contribution in [0.5, 0.6) is 0 Å². The van der Waals surface area contributed by atoms with E-state index >= 15 is 0 Å². The Hall–Kier alpha value is -2.42. The summed E-state index contributed by atoms with van der Waals surface area (Å²) in [7, 11) is -2.45. The fraction of sp³-hybridized carbons (Fsp3) is 0.167. The molecule has 0 radical (unpaired) electrons. The highest BCUT2D eigenvalue weighted by Crippen LogP contribution is 2.28. The van der Waals surface area contributed by atoms with Crippen LogP contribution in [0.1, 0.15) is 26.9 Å². The maximum Gasteiger partial charge on any atom is 0.337 e. The molecule has 2 heterocycles. The highest BCUT2D eigenvalue weighted by molar-refractivity contribution is 7.89. The van der Waals surface area contributed by atoms with Gasteiger partial charge in [-0.1, -0.05) is 6.07 Å². The summed E-state index contributed by atoms with van der Waals surface area (Å²) < 4.78 is 37.8. The summed E-state index contributed by atoms with van der Waals surface area (Å²) in [5.74, 6) is -0.0391. The van der Waals surface area contributed by atoms with Crippen LogP contribution in [0, 0.1) is 0 Å². The number of hydrogen-bond acceptors (Lipinski definition) is 6. The number of rotatable bonds is 7. The van der Waals surface area contributed by atoms with E-state index in [4.69, 9.17) is 4.42 Å². The Bertz CT molecular complexity index is 911. The van der Waals surface area contributed by atoms with Gasteiger partial charge in [0.15, 0.2) is 0 Å². The van der Waals surface area contributed by atoms with Crippen molar-refractivity contribution in [2.24, 2.45) is 0 Å². The zero-order valence-corrected chi connectivity index (χ0v) is 15.5. The Balaban J connectivity index is 1.77. The van der Waals surface area contributed by atoms with Crippen LogP contribution in [0.15, 0.2) is 69.5 Å². The summed E-state index contributed by atoms with van der Waals surface area (Å²) >= 11 is 1.54. The molecule has 6 nitrogen and oxygen atoms in total. The van der Waals surface area contributed by atoms with E-state index in [9.17, 15) is 13.2 Å². The van der Waals surface area contributed by atoms with Crippen molar-refractivity contribution in [3.8, 4) is 0 Å². The number of carbonyl (C=O) groups is 1. The van der Waals surface area contributed by atoms with Gasteiger partial charge in [-0.15, -0.1) is 11.3 Å². The fourth-order valence-electron chi connectivity index (χ4n) is 2.48. The topological polar surface area (TPSA) is 85.6 Å². The van der Waals surface area contributed by atoms with Crippen LogP contribution >= 0.6 is 11.3 Å². The van der Waals surface area contributed by atoms with Crippen molar-refractivity contribution >= 4 is 27.3 Å². The van der Waals surface area contributed by atoms with Crippen LogP contribution in [-0.2, 0) is 14.8 Å². The minimum atomic E-state index is -3.73. The molecule has 2 aromatic heterocycles. The molecule has 0 unspecified atom stereocenters. The van der Waals surface area contributed by atoms with E-state index in [0.29, 0.717) is 11.3 Å². The summed E-state index contributed by atoms with van der Waals surface area (Å²) in [6, 6.07) is 13.0. The van der Waals surface area contributed by atoms with Crippen molar-refractivity contribution in [1.29, 1.82) is 0 Å². The van der Waals surface area contributed by atoms with Gasteiger partial charge in [0, 0.05) is 11.4 Å². The largest absolute Gasteiger partial charge is 0.469 e. The summed E-state index contributed by atoms with van der Waals surface area (Å²) in [5, 5.41) is 1.94. The molecule has 0 fully saturated rings. The molecule has 0 amide bonds. The Labute approximate surface area is 155 Å². The molecule has 0 aliphatic rings. The molecule has 1 N–H and O–H groups in total. The van der Waals surface area contributed by atoms with Crippen molar-refractivity contribution in [3.63, 3.8) is 0 Å². The number of hydrogen-bond donors (Lipinski definition) is 1. The van der Waals surface area contributed by atoms with Gasteiger partial charge >= 0.3 is 5.97 Å². The van der Waals surface area contributed by atoms with Crippen molar-refractivity contribution in [1.82, 2.24) is 4.72 Å². The van der Waals surface area contributed by atoms with Crippen LogP contribution in [0.3, 0.4) is 0 Å². The van der Waals surface area contributed by atoms with Crippen LogP contribution in [0.2, 0.25) is 0 Å². The number of esters is 1. The lowest BCUT2D eigenvalue weighted by atomic mass is 10.1. The van der Waals surface area contributed by atoms with Crippen molar-refractivity contribution in [2.45, 2.75) is 10.8 Å². The molecule has 8 heteroatoms. The van der Waals surface area contributed by atoms with Crippen LogP contribution in [-0.4, -0.2) is 28.0 Å². The van der Waals surface area contributed by atoms with Crippen molar-refractivity contribution in [2.75, 3.05) is 13.7 Å². The SMILES string of the molecule is COC(=O)c1ccc(S(=O)(=O)NC[C@@H](c2ccco2)c2cccs2)cc1. The van der Waals surface area contributed by atoms with E-state index in [1.165, 1.54) is 42.7 Å². The Morgan fingerprint density at radius 3 is 2.54 bits per heavy atom. The number of thiophene rings is 1. The number of carbonyl (C=O) groups excluding carboxylic acids is 1. The zero-order chi connectivity index (χ0) is 18.6. The van der Waals surface area contributed by atoms with Gasteiger partial charge in [0.2, 0.25) is 10.0 Å². The maximum absolute atomic E-state index is 12.6. The normalized spacial score (nSPS) is 12.7. The Morgan fingerprint density at radius 1 is 1.19 bits per heavy atom. The quantitative estimate of drug-likeness (QED) is 0.625. The second kappa shape index (κ2) is 7.86. The average molecular weight is 391 g/mol. The molecule has 1 atom stereocenters. The van der Waals surface area contributed by atoms with Gasteiger partial charge in [-0.2, -0.15) is 0 Å². The Morgan fingerprint density at radius 2 is 1.96 bits per heavy atom. The minimum absolute atomic E-state index is 0.0783. The molecule has 0 bridgehead atoms. The first-order valence-corrected chi connectivity index (χ1v) is 10.1. The number of sulfonamides is 1. The first kappa shape index (κ1) is 18.4. The van der Waals surface area contributed by atoms with E-state index in [2.05, 4.69) is 9.46 Å². The molecule has 26 heavy (non-hydrogen) atoms. The van der Waals surface area contributed by atoms with Gasteiger partial charge in [-0.3, -0.25) is 0 Å². The van der Waals surface area contributed by atoms with E-state index in [-0.39, 0.29) is 17.4 Å². The smallest absolute Gasteiger partial charge is 0.337 e. The molecule has 0 aliphatic heterocycles. The van der Waals surface area contributed by atoms with Gasteiger partial charge in [-0.25, -0.2) is 17.9 Å². The molecule has 0 saturated heterocycles. The maximum atomic E-state index is 12.6. The minimum Gasteiger partial charge on any atom is -0.469 e. The Kier molecular flexibility index (Phi) is 5.55. The van der Waals surface area contributed by atoms with Gasteiger partial charge < -0.3 is 9.15 Å². The van der Waals surface area contributed by atoms with E-state index < -0.39 is 16.0 Å². The van der Waals surface area contributed by atoms with Gasteiger partial charge in [-0.05, 0) is 47.8 Å². The van der Waals surface area contributed by atoms with Crippen LogP contribution in [0.4, 0.5) is 0 Å². The monoisotopic (exact) mass is 391 g/mol. The standard InChI is InChI=1S/C18H17NO5S2/c1-23-18(20)13-6-8-14(9-7-13)26(21,22)19-12-15(16-4-2-10-24-16)17-5-3-11-25-17/h2-11,15,19H,12H2,1H3/t15-/m0/s1. The summed E-state index contributed by atoms with van der Waals surface area (Å²) in [6.45, 7) is 0.162. The molecule has 0 spiro atoms. The van der Waals surface area contributed by atoms with E-state index in [1.807, 2.05) is 23.6 Å². The fourth-order valence-corrected chi connectivity index (χ4v) is 4.37. The van der Waals surface area contributed by atoms with Gasteiger partial charge in [0.05, 0.1) is 29.7 Å². The summed E-state index contributed by atoms with van der Waals surface area (Å²) in [5.41, 5.74) is 0.290.